The van der Waals surface area contributed by atoms with E-state index in [2.05, 4.69) is 0 Å². The van der Waals surface area contributed by atoms with Gasteiger partial charge in [0.25, 0.3) is 0 Å². The van der Waals surface area contributed by atoms with Crippen molar-refractivity contribution in [2.24, 2.45) is 5.92 Å². The average Bonchev–Trinajstić information content (AvgIpc) is 2.01. The lowest BCUT2D eigenvalue weighted by Gasteiger charge is -2.07. The van der Waals surface area contributed by atoms with Gasteiger partial charge in [-0.05, 0) is 26.2 Å². The molecule has 0 bridgehead atoms. The second kappa shape index (κ2) is 6.26. The number of Topliss-reactive ketones (excluding diaryl/α,β-unsaturated/α-hetero) is 1. The van der Waals surface area contributed by atoms with Gasteiger partial charge >= 0.3 is 0 Å². The van der Waals surface area contributed by atoms with Crippen LogP contribution >= 0.6 is 0 Å². The Bertz CT molecular complexity index is 289. The topological polar surface area (TPSA) is 51.2 Å². The Hall–Kier alpha value is -0.380. The molecule has 0 aromatic heterocycles. The van der Waals surface area contributed by atoms with E-state index in [4.69, 9.17) is 0 Å². The van der Waals surface area contributed by atoms with Gasteiger partial charge in [0.05, 0.1) is 11.0 Å². The van der Waals surface area contributed by atoms with Crippen LogP contribution < -0.4 is 0 Å². The predicted octanol–water partition coefficient (Wildman–Crippen LogP) is 2.21. The van der Waals surface area contributed by atoms with E-state index in [1.807, 2.05) is 13.8 Å². The molecule has 0 aromatic carbocycles. The molecule has 90 valence electrons. The van der Waals surface area contributed by atoms with Crippen LogP contribution in [-0.4, -0.2) is 25.2 Å². The van der Waals surface area contributed by atoms with Crippen LogP contribution in [0.1, 0.15) is 47.0 Å². The van der Waals surface area contributed by atoms with Crippen LogP contribution in [0.5, 0.6) is 0 Å². The molecule has 15 heavy (non-hydrogen) atoms. The van der Waals surface area contributed by atoms with Gasteiger partial charge in [-0.15, -0.1) is 0 Å². The molecule has 0 amide bonds. The van der Waals surface area contributed by atoms with E-state index in [1.54, 1.807) is 13.8 Å². The van der Waals surface area contributed by atoms with Crippen molar-refractivity contribution in [1.82, 2.24) is 0 Å². The summed E-state index contributed by atoms with van der Waals surface area (Å²) in [6, 6.07) is 0. The van der Waals surface area contributed by atoms with Crippen molar-refractivity contribution in [3.63, 3.8) is 0 Å². The zero-order valence-corrected chi connectivity index (χ0v) is 10.9. The summed E-state index contributed by atoms with van der Waals surface area (Å²) in [6.45, 7) is 7.32. The monoisotopic (exact) mass is 234 g/mol. The zero-order chi connectivity index (χ0) is 12.1. The summed E-state index contributed by atoms with van der Waals surface area (Å²) < 4.78 is 22.8. The minimum Gasteiger partial charge on any atom is -0.300 e. The third kappa shape index (κ3) is 6.66. The minimum absolute atomic E-state index is 0.133. The van der Waals surface area contributed by atoms with E-state index in [0.717, 1.165) is 0 Å². The summed E-state index contributed by atoms with van der Waals surface area (Å²) in [5.41, 5.74) is 0. The molecule has 4 heteroatoms. The Balaban J connectivity index is 3.86. The molecule has 0 aromatic rings. The molecule has 0 rings (SSSR count). The number of hydrogen-bond donors (Lipinski definition) is 0. The van der Waals surface area contributed by atoms with Gasteiger partial charge in [-0.1, -0.05) is 13.8 Å². The van der Waals surface area contributed by atoms with Gasteiger partial charge in [0.2, 0.25) is 0 Å². The van der Waals surface area contributed by atoms with E-state index in [-0.39, 0.29) is 16.8 Å². The summed E-state index contributed by atoms with van der Waals surface area (Å²) >= 11 is 0. The van der Waals surface area contributed by atoms with Gasteiger partial charge in [-0.2, -0.15) is 0 Å². The molecule has 0 aliphatic carbocycles. The van der Waals surface area contributed by atoms with E-state index in [9.17, 15) is 13.2 Å². The van der Waals surface area contributed by atoms with Crippen molar-refractivity contribution < 1.29 is 13.2 Å². The Morgan fingerprint density at radius 3 is 2.07 bits per heavy atom. The van der Waals surface area contributed by atoms with Crippen molar-refractivity contribution in [3.05, 3.63) is 0 Å². The number of rotatable bonds is 7. The highest BCUT2D eigenvalue weighted by atomic mass is 32.2. The fourth-order valence-electron chi connectivity index (χ4n) is 1.26. The second-order valence-electron chi connectivity index (χ2n) is 4.66. The Morgan fingerprint density at radius 1 is 1.13 bits per heavy atom. The molecule has 0 saturated carbocycles. The molecule has 0 N–H and O–H groups in total. The Morgan fingerprint density at radius 2 is 1.67 bits per heavy atom. The number of ketones is 1. The van der Waals surface area contributed by atoms with Crippen molar-refractivity contribution in [3.8, 4) is 0 Å². The third-order valence-corrected chi connectivity index (χ3v) is 4.53. The number of carbonyl (C=O) groups is 1. The normalized spacial score (nSPS) is 12.4. The molecule has 0 radical (unpaired) electrons. The van der Waals surface area contributed by atoms with Crippen LogP contribution in [0.4, 0.5) is 0 Å². The fraction of sp³-hybridized carbons (Fsp3) is 0.909. The third-order valence-electron chi connectivity index (χ3n) is 2.24. The van der Waals surface area contributed by atoms with Crippen molar-refractivity contribution in [2.45, 2.75) is 52.2 Å². The molecule has 0 unspecified atom stereocenters. The van der Waals surface area contributed by atoms with Gasteiger partial charge in [0.15, 0.2) is 9.84 Å². The number of sulfone groups is 1. The van der Waals surface area contributed by atoms with Gasteiger partial charge in [0, 0.05) is 12.8 Å². The fourth-order valence-corrected chi connectivity index (χ4v) is 2.28. The SMILES string of the molecule is CC(C)CC(=O)CCCS(=O)(=O)C(C)C. The van der Waals surface area contributed by atoms with Crippen LogP contribution in [-0.2, 0) is 14.6 Å². The molecule has 0 saturated heterocycles. The standard InChI is InChI=1S/C11H22O3S/c1-9(2)8-11(12)6-5-7-15(13,14)10(3)4/h9-10H,5-8H2,1-4H3. The van der Waals surface area contributed by atoms with Gasteiger partial charge in [0.1, 0.15) is 5.78 Å². The van der Waals surface area contributed by atoms with E-state index < -0.39 is 9.84 Å². The van der Waals surface area contributed by atoms with E-state index in [0.29, 0.717) is 25.2 Å². The van der Waals surface area contributed by atoms with Gasteiger partial charge in [-0.3, -0.25) is 4.79 Å². The summed E-state index contributed by atoms with van der Waals surface area (Å²) in [7, 11) is -2.97. The van der Waals surface area contributed by atoms with Crippen LogP contribution in [0.25, 0.3) is 0 Å². The van der Waals surface area contributed by atoms with Gasteiger partial charge < -0.3 is 0 Å². The molecule has 0 heterocycles. The second-order valence-corrected chi connectivity index (χ2v) is 7.33. The van der Waals surface area contributed by atoms with Crippen LogP contribution in [0.2, 0.25) is 0 Å². The Labute approximate surface area is 93.2 Å². The highest BCUT2D eigenvalue weighted by Crippen LogP contribution is 2.08. The highest BCUT2D eigenvalue weighted by molar-refractivity contribution is 7.91. The number of hydrogen-bond acceptors (Lipinski definition) is 3. The molecule has 0 aliphatic heterocycles. The lowest BCUT2D eigenvalue weighted by molar-refractivity contribution is -0.119. The molecular weight excluding hydrogens is 212 g/mol. The first-order chi connectivity index (χ1) is 6.75. The Kier molecular flexibility index (Phi) is 6.10. The summed E-state index contributed by atoms with van der Waals surface area (Å²) in [5.74, 6) is 0.664. The minimum atomic E-state index is -2.97. The molecule has 3 nitrogen and oxygen atoms in total. The van der Waals surface area contributed by atoms with E-state index >= 15 is 0 Å². The van der Waals surface area contributed by atoms with Crippen molar-refractivity contribution >= 4 is 15.6 Å². The van der Waals surface area contributed by atoms with Crippen molar-refractivity contribution in [2.75, 3.05) is 5.75 Å². The maximum atomic E-state index is 11.4. The first-order valence-electron chi connectivity index (χ1n) is 5.49. The number of carbonyl (C=O) groups excluding carboxylic acids is 1. The van der Waals surface area contributed by atoms with Gasteiger partial charge in [-0.25, -0.2) is 8.42 Å². The van der Waals surface area contributed by atoms with Crippen LogP contribution in [0.3, 0.4) is 0 Å². The quantitative estimate of drug-likeness (QED) is 0.678. The first kappa shape index (κ1) is 14.6. The zero-order valence-electron chi connectivity index (χ0n) is 10.1. The lowest BCUT2D eigenvalue weighted by atomic mass is 10.0. The van der Waals surface area contributed by atoms with Crippen LogP contribution in [0, 0.1) is 5.92 Å². The predicted molar refractivity (Wildman–Crippen MR) is 62.6 cm³/mol. The van der Waals surface area contributed by atoms with Crippen LogP contribution in [0.15, 0.2) is 0 Å². The lowest BCUT2D eigenvalue weighted by Crippen LogP contribution is -2.18. The molecule has 0 atom stereocenters. The largest absolute Gasteiger partial charge is 0.300 e. The highest BCUT2D eigenvalue weighted by Gasteiger charge is 2.16. The average molecular weight is 234 g/mol. The van der Waals surface area contributed by atoms with E-state index in [1.165, 1.54) is 0 Å². The summed E-state index contributed by atoms with van der Waals surface area (Å²) in [4.78, 5) is 11.3. The maximum absolute atomic E-state index is 11.4. The molecular formula is C11H22O3S. The smallest absolute Gasteiger partial charge is 0.152 e. The molecule has 0 spiro atoms. The molecule has 0 aliphatic rings. The molecule has 0 fully saturated rings. The maximum Gasteiger partial charge on any atom is 0.152 e. The summed E-state index contributed by atoms with van der Waals surface area (Å²) in [5, 5.41) is -0.335. The first-order valence-corrected chi connectivity index (χ1v) is 7.20. The van der Waals surface area contributed by atoms with Crippen molar-refractivity contribution in [1.29, 1.82) is 0 Å². The summed E-state index contributed by atoms with van der Waals surface area (Å²) in [6.07, 6.45) is 1.41.